The Hall–Kier alpha value is -1.79. The van der Waals surface area contributed by atoms with E-state index in [-0.39, 0.29) is 11.3 Å². The van der Waals surface area contributed by atoms with Crippen molar-refractivity contribution in [3.8, 4) is 0 Å². The molecule has 7 heteroatoms. The van der Waals surface area contributed by atoms with E-state index in [0.29, 0.717) is 16.1 Å². The number of rotatable bonds is 5. The van der Waals surface area contributed by atoms with Crippen LogP contribution in [0.3, 0.4) is 0 Å². The smallest absolute Gasteiger partial charge is 0.289 e. The van der Waals surface area contributed by atoms with Crippen molar-refractivity contribution in [2.45, 2.75) is 11.5 Å². The normalized spacial score (nSPS) is 11.6. The van der Waals surface area contributed by atoms with Gasteiger partial charge in [-0.25, -0.2) is 8.42 Å². The Morgan fingerprint density at radius 3 is 1.86 bits per heavy atom. The molecule has 0 saturated carbocycles. The van der Waals surface area contributed by atoms with Crippen molar-refractivity contribution in [3.63, 3.8) is 0 Å². The molecule has 0 aliphatic rings. The SMILES string of the molecule is O=C(c1ccc(Cl)cc1)c1ccc(CS(=O)(=O)C(F)F)cc1. The summed E-state index contributed by atoms with van der Waals surface area (Å²) in [5.41, 5.74) is 0.964. The van der Waals surface area contributed by atoms with Gasteiger partial charge < -0.3 is 0 Å². The molecule has 0 aromatic heterocycles. The zero-order valence-corrected chi connectivity index (χ0v) is 12.7. The van der Waals surface area contributed by atoms with Crippen LogP contribution in [-0.4, -0.2) is 20.0 Å². The Morgan fingerprint density at radius 2 is 1.41 bits per heavy atom. The molecule has 2 aromatic carbocycles. The van der Waals surface area contributed by atoms with Crippen LogP contribution in [0.5, 0.6) is 0 Å². The molecule has 0 aliphatic carbocycles. The lowest BCUT2D eigenvalue weighted by Gasteiger charge is -2.05. The molecular formula is C15H11ClF2O3S. The van der Waals surface area contributed by atoms with E-state index < -0.39 is 21.3 Å². The first-order valence-corrected chi connectivity index (χ1v) is 8.28. The number of ketones is 1. The van der Waals surface area contributed by atoms with Crippen LogP contribution in [0.4, 0.5) is 8.78 Å². The van der Waals surface area contributed by atoms with Crippen LogP contribution >= 0.6 is 11.6 Å². The largest absolute Gasteiger partial charge is 0.337 e. The number of halogens is 3. The summed E-state index contributed by atoms with van der Waals surface area (Å²) in [4.78, 5) is 12.2. The van der Waals surface area contributed by atoms with Gasteiger partial charge in [-0.1, -0.05) is 35.9 Å². The van der Waals surface area contributed by atoms with Gasteiger partial charge in [0.05, 0.1) is 5.75 Å². The maximum Gasteiger partial charge on any atom is 0.337 e. The van der Waals surface area contributed by atoms with E-state index in [9.17, 15) is 22.0 Å². The van der Waals surface area contributed by atoms with Gasteiger partial charge in [0.25, 0.3) is 0 Å². The van der Waals surface area contributed by atoms with E-state index in [0.717, 1.165) is 0 Å². The minimum atomic E-state index is -4.47. The highest BCUT2D eigenvalue weighted by molar-refractivity contribution is 7.90. The number of carbonyl (C=O) groups is 1. The van der Waals surface area contributed by atoms with Gasteiger partial charge in [0.15, 0.2) is 5.78 Å². The molecule has 0 radical (unpaired) electrons. The van der Waals surface area contributed by atoms with E-state index in [4.69, 9.17) is 11.6 Å². The molecule has 0 N–H and O–H groups in total. The molecule has 116 valence electrons. The van der Waals surface area contributed by atoms with Crippen molar-refractivity contribution in [2.24, 2.45) is 0 Å². The number of hydrogen-bond donors (Lipinski definition) is 0. The van der Waals surface area contributed by atoms with E-state index in [1.165, 1.54) is 24.3 Å². The topological polar surface area (TPSA) is 51.2 Å². The molecule has 0 unspecified atom stereocenters. The lowest BCUT2D eigenvalue weighted by molar-refractivity contribution is 0.103. The van der Waals surface area contributed by atoms with E-state index in [2.05, 4.69) is 0 Å². The zero-order chi connectivity index (χ0) is 16.3. The summed E-state index contributed by atoms with van der Waals surface area (Å²) in [5, 5.41) is 0.504. The lowest BCUT2D eigenvalue weighted by atomic mass is 10.0. The third kappa shape index (κ3) is 3.90. The molecule has 3 nitrogen and oxygen atoms in total. The van der Waals surface area contributed by atoms with E-state index in [1.807, 2.05) is 0 Å². The molecule has 0 bridgehead atoms. The number of alkyl halides is 2. The molecular weight excluding hydrogens is 334 g/mol. The highest BCUT2D eigenvalue weighted by Crippen LogP contribution is 2.17. The number of sulfone groups is 1. The van der Waals surface area contributed by atoms with Crippen LogP contribution in [-0.2, 0) is 15.6 Å². The second-order valence-corrected chi connectivity index (χ2v) is 7.01. The summed E-state index contributed by atoms with van der Waals surface area (Å²) in [6, 6.07) is 11.8. The third-order valence-electron chi connectivity index (χ3n) is 2.96. The predicted octanol–water partition coefficient (Wildman–Crippen LogP) is 3.71. The zero-order valence-electron chi connectivity index (χ0n) is 11.2. The summed E-state index contributed by atoms with van der Waals surface area (Å²) in [6.07, 6.45) is 0. The average molecular weight is 345 g/mol. The Bertz CT molecular complexity index is 769. The summed E-state index contributed by atoms with van der Waals surface area (Å²) < 4.78 is 46.9. The quantitative estimate of drug-likeness (QED) is 0.777. The second kappa shape index (κ2) is 6.54. The van der Waals surface area contributed by atoms with Crippen LogP contribution in [0.1, 0.15) is 21.5 Å². The van der Waals surface area contributed by atoms with Crippen molar-refractivity contribution in [1.82, 2.24) is 0 Å². The molecule has 0 fully saturated rings. The molecule has 0 atom stereocenters. The molecule has 0 heterocycles. The van der Waals surface area contributed by atoms with Gasteiger partial charge in [-0.15, -0.1) is 0 Å². The highest BCUT2D eigenvalue weighted by atomic mass is 35.5. The summed E-state index contributed by atoms with van der Waals surface area (Å²) in [7, 11) is -4.47. The van der Waals surface area contributed by atoms with Gasteiger partial charge in [0, 0.05) is 16.1 Å². The van der Waals surface area contributed by atoms with E-state index >= 15 is 0 Å². The fourth-order valence-electron chi connectivity index (χ4n) is 1.82. The number of benzene rings is 2. The van der Waals surface area contributed by atoms with Gasteiger partial charge in [0.2, 0.25) is 9.84 Å². The van der Waals surface area contributed by atoms with Gasteiger partial charge in [-0.3, -0.25) is 4.79 Å². The Labute approximate surface area is 131 Å². The van der Waals surface area contributed by atoms with Crippen molar-refractivity contribution >= 4 is 27.2 Å². The average Bonchev–Trinajstić information content (AvgIpc) is 2.47. The summed E-state index contributed by atoms with van der Waals surface area (Å²) in [5.74, 6) is -4.44. The number of hydrogen-bond acceptors (Lipinski definition) is 3. The summed E-state index contributed by atoms with van der Waals surface area (Å²) in [6.45, 7) is 0. The van der Waals surface area contributed by atoms with E-state index in [1.54, 1.807) is 24.3 Å². The molecule has 22 heavy (non-hydrogen) atoms. The van der Waals surface area contributed by atoms with Crippen molar-refractivity contribution in [3.05, 3.63) is 70.2 Å². The van der Waals surface area contributed by atoms with Crippen molar-refractivity contribution in [1.29, 1.82) is 0 Å². The Kier molecular flexibility index (Phi) is 4.93. The van der Waals surface area contributed by atoms with Crippen LogP contribution in [0.15, 0.2) is 48.5 Å². The van der Waals surface area contributed by atoms with Gasteiger partial charge in [-0.05, 0) is 29.8 Å². The first-order valence-electron chi connectivity index (χ1n) is 6.18. The summed E-state index contributed by atoms with van der Waals surface area (Å²) >= 11 is 5.74. The van der Waals surface area contributed by atoms with Gasteiger partial charge >= 0.3 is 5.76 Å². The lowest BCUT2D eigenvalue weighted by Crippen LogP contribution is -2.13. The van der Waals surface area contributed by atoms with Crippen molar-refractivity contribution < 1.29 is 22.0 Å². The Balaban J connectivity index is 2.18. The van der Waals surface area contributed by atoms with Crippen LogP contribution < -0.4 is 0 Å². The fourth-order valence-corrected chi connectivity index (χ4v) is 2.72. The number of carbonyl (C=O) groups excluding carboxylic acids is 1. The van der Waals surface area contributed by atoms with Gasteiger partial charge in [0.1, 0.15) is 0 Å². The standard InChI is InChI=1S/C15H11ClF2O3S/c16-13-7-5-12(6-8-13)14(19)11-3-1-10(2-4-11)9-22(20,21)15(17)18/h1-8,15H,9H2. The Morgan fingerprint density at radius 1 is 0.955 bits per heavy atom. The minimum absolute atomic E-state index is 0.202. The molecule has 2 aromatic rings. The van der Waals surface area contributed by atoms with Crippen LogP contribution in [0, 0.1) is 0 Å². The first kappa shape index (κ1) is 16.6. The molecule has 0 saturated heterocycles. The van der Waals surface area contributed by atoms with Crippen LogP contribution in [0.2, 0.25) is 5.02 Å². The monoisotopic (exact) mass is 344 g/mol. The predicted molar refractivity (Wildman–Crippen MR) is 80.0 cm³/mol. The first-order chi connectivity index (χ1) is 10.3. The van der Waals surface area contributed by atoms with Crippen LogP contribution in [0.25, 0.3) is 0 Å². The maximum atomic E-state index is 12.3. The molecule has 0 aliphatic heterocycles. The highest BCUT2D eigenvalue weighted by Gasteiger charge is 2.24. The fraction of sp³-hybridized carbons (Fsp3) is 0.133. The minimum Gasteiger partial charge on any atom is -0.289 e. The van der Waals surface area contributed by atoms with Crippen molar-refractivity contribution in [2.75, 3.05) is 0 Å². The van der Waals surface area contributed by atoms with Gasteiger partial charge in [-0.2, -0.15) is 8.78 Å². The molecule has 0 spiro atoms. The second-order valence-electron chi connectivity index (χ2n) is 4.60. The molecule has 2 rings (SSSR count). The molecule has 0 amide bonds. The maximum absolute atomic E-state index is 12.3. The third-order valence-corrected chi connectivity index (χ3v) is 4.49.